The molecule has 0 unspecified atom stereocenters. The van der Waals surface area contributed by atoms with Crippen molar-refractivity contribution in [3.8, 4) is 5.75 Å². The van der Waals surface area contributed by atoms with Gasteiger partial charge in [-0.25, -0.2) is 0 Å². The van der Waals surface area contributed by atoms with E-state index in [-0.39, 0.29) is 0 Å². The molecule has 0 aromatic heterocycles. The molecular weight excluding hydrogens is 155 g/mol. The summed E-state index contributed by atoms with van der Waals surface area (Å²) in [7, 11) is 0.112. The summed E-state index contributed by atoms with van der Waals surface area (Å²) in [6.45, 7) is 1.87. The molecule has 0 aliphatic heterocycles. The van der Waals surface area contributed by atoms with Gasteiger partial charge in [-0.2, -0.15) is 0 Å². The molecule has 0 radical (unpaired) electrons. The van der Waals surface area contributed by atoms with Crippen LogP contribution in [0.3, 0.4) is 0 Å². The van der Waals surface area contributed by atoms with E-state index in [1.807, 2.05) is 13.0 Å². The normalized spacial score (nSPS) is 9.67. The first-order chi connectivity index (χ1) is 5.63. The largest absolute Gasteiger partial charge is 0.497 e. The van der Waals surface area contributed by atoms with Crippen molar-refractivity contribution in [2.45, 2.75) is 6.92 Å². The second-order valence-corrected chi connectivity index (χ2v) is 2.66. The Hall–Kier alpha value is -0.995. The Morgan fingerprint density at radius 2 is 1.92 bits per heavy atom. The van der Waals surface area contributed by atoms with Crippen molar-refractivity contribution in [1.29, 1.82) is 0 Å². The highest BCUT2D eigenvalue weighted by atomic mass is 16.5. The molecule has 1 rings (SSSR count). The van der Waals surface area contributed by atoms with Crippen molar-refractivity contribution in [3.05, 3.63) is 23.8 Å². The molecular formula is C8H11BO3. The molecule has 0 bridgehead atoms. The van der Waals surface area contributed by atoms with Gasteiger partial charge in [0.2, 0.25) is 0 Å². The minimum Gasteiger partial charge on any atom is -0.497 e. The van der Waals surface area contributed by atoms with Gasteiger partial charge in [-0.05, 0) is 30.1 Å². The van der Waals surface area contributed by atoms with Crippen molar-refractivity contribution in [2.75, 3.05) is 7.11 Å². The Morgan fingerprint density at radius 3 is 2.42 bits per heavy atom. The van der Waals surface area contributed by atoms with Crippen LogP contribution >= 0.6 is 0 Å². The first kappa shape index (κ1) is 9.10. The number of aryl methyl sites for hydroxylation is 1. The standard InChI is InChI=1S/C8H11BO3/c1-6-3-7(9(10)11)5-8(4-6)12-2/h3-5,10-11H,1-2H3. The summed E-state index contributed by atoms with van der Waals surface area (Å²) in [5.74, 6) is 0.637. The van der Waals surface area contributed by atoms with Gasteiger partial charge < -0.3 is 14.8 Å². The highest BCUT2D eigenvalue weighted by Gasteiger charge is 2.11. The Bertz CT molecular complexity index is 273. The summed E-state index contributed by atoms with van der Waals surface area (Å²) in [4.78, 5) is 0. The third kappa shape index (κ3) is 2.00. The highest BCUT2D eigenvalue weighted by molar-refractivity contribution is 6.58. The van der Waals surface area contributed by atoms with E-state index in [1.165, 1.54) is 0 Å². The van der Waals surface area contributed by atoms with Gasteiger partial charge in [-0.3, -0.25) is 0 Å². The van der Waals surface area contributed by atoms with E-state index in [1.54, 1.807) is 19.2 Å². The zero-order valence-corrected chi connectivity index (χ0v) is 7.11. The van der Waals surface area contributed by atoms with Crippen LogP contribution in [-0.4, -0.2) is 24.3 Å². The van der Waals surface area contributed by atoms with E-state index < -0.39 is 7.12 Å². The van der Waals surface area contributed by atoms with E-state index in [2.05, 4.69) is 0 Å². The van der Waals surface area contributed by atoms with Gasteiger partial charge in [0, 0.05) is 0 Å². The van der Waals surface area contributed by atoms with Crippen LogP contribution in [0.5, 0.6) is 5.75 Å². The topological polar surface area (TPSA) is 49.7 Å². The van der Waals surface area contributed by atoms with Gasteiger partial charge in [0.1, 0.15) is 5.75 Å². The number of hydrogen-bond acceptors (Lipinski definition) is 3. The Labute approximate surface area is 71.8 Å². The van der Waals surface area contributed by atoms with Crippen LogP contribution in [0, 0.1) is 6.92 Å². The molecule has 2 N–H and O–H groups in total. The van der Waals surface area contributed by atoms with Gasteiger partial charge in [0.05, 0.1) is 7.11 Å². The van der Waals surface area contributed by atoms with Crippen molar-refractivity contribution in [3.63, 3.8) is 0 Å². The quantitative estimate of drug-likeness (QED) is 0.592. The zero-order valence-electron chi connectivity index (χ0n) is 7.11. The first-order valence-electron chi connectivity index (χ1n) is 3.65. The number of ether oxygens (including phenoxy) is 1. The van der Waals surface area contributed by atoms with Gasteiger partial charge in [-0.15, -0.1) is 0 Å². The minimum atomic E-state index is -1.43. The van der Waals surface area contributed by atoms with Crippen LogP contribution in [0.25, 0.3) is 0 Å². The van der Waals surface area contributed by atoms with Crippen molar-refractivity contribution in [1.82, 2.24) is 0 Å². The lowest BCUT2D eigenvalue weighted by molar-refractivity contribution is 0.411. The minimum absolute atomic E-state index is 0.451. The van der Waals surface area contributed by atoms with Crippen LogP contribution in [0.1, 0.15) is 5.56 Å². The molecule has 0 aliphatic carbocycles. The molecule has 1 aromatic rings. The van der Waals surface area contributed by atoms with Gasteiger partial charge in [0.15, 0.2) is 0 Å². The second-order valence-electron chi connectivity index (χ2n) is 2.66. The first-order valence-corrected chi connectivity index (χ1v) is 3.65. The molecule has 1 aromatic carbocycles. The molecule has 3 nitrogen and oxygen atoms in total. The Kier molecular flexibility index (Phi) is 2.73. The molecule has 0 fully saturated rings. The Balaban J connectivity index is 3.06. The summed E-state index contributed by atoms with van der Waals surface area (Å²) >= 11 is 0. The summed E-state index contributed by atoms with van der Waals surface area (Å²) in [5.41, 5.74) is 1.39. The molecule has 0 atom stereocenters. The number of benzene rings is 1. The molecule has 0 aliphatic rings. The fourth-order valence-corrected chi connectivity index (χ4v) is 1.04. The molecule has 0 saturated carbocycles. The monoisotopic (exact) mass is 166 g/mol. The van der Waals surface area contributed by atoms with Gasteiger partial charge in [-0.1, -0.05) is 6.07 Å². The van der Waals surface area contributed by atoms with Crippen molar-refractivity contribution >= 4 is 12.6 Å². The molecule has 12 heavy (non-hydrogen) atoms. The third-order valence-corrected chi connectivity index (χ3v) is 1.61. The maximum atomic E-state index is 8.87. The fraction of sp³-hybridized carbons (Fsp3) is 0.250. The van der Waals surface area contributed by atoms with Crippen LogP contribution < -0.4 is 10.2 Å². The van der Waals surface area contributed by atoms with Crippen LogP contribution in [0.15, 0.2) is 18.2 Å². The summed E-state index contributed by atoms with van der Waals surface area (Å²) in [5, 5.41) is 17.7. The van der Waals surface area contributed by atoms with Crippen molar-refractivity contribution in [2.24, 2.45) is 0 Å². The van der Waals surface area contributed by atoms with E-state index in [9.17, 15) is 0 Å². The molecule has 0 saturated heterocycles. The SMILES string of the molecule is COc1cc(C)cc(B(O)O)c1. The molecule has 64 valence electrons. The Morgan fingerprint density at radius 1 is 1.25 bits per heavy atom. The predicted octanol–water partition coefficient (Wildman–Crippen LogP) is -0.317. The van der Waals surface area contributed by atoms with E-state index in [4.69, 9.17) is 14.8 Å². The average molecular weight is 166 g/mol. The number of hydrogen-bond donors (Lipinski definition) is 2. The maximum absolute atomic E-state index is 8.87. The lowest BCUT2D eigenvalue weighted by Gasteiger charge is -2.05. The summed E-state index contributed by atoms with van der Waals surface area (Å²) < 4.78 is 4.96. The van der Waals surface area contributed by atoms with E-state index in [0.717, 1.165) is 5.56 Å². The van der Waals surface area contributed by atoms with Gasteiger partial charge in [0.25, 0.3) is 0 Å². The molecule has 0 heterocycles. The van der Waals surface area contributed by atoms with E-state index in [0.29, 0.717) is 11.2 Å². The number of rotatable bonds is 2. The average Bonchev–Trinajstić information content (AvgIpc) is 2.03. The lowest BCUT2D eigenvalue weighted by Crippen LogP contribution is -2.29. The lowest BCUT2D eigenvalue weighted by atomic mass is 9.79. The summed E-state index contributed by atoms with van der Waals surface area (Å²) in [6, 6.07) is 5.12. The second kappa shape index (κ2) is 3.60. The smallest absolute Gasteiger partial charge is 0.488 e. The molecule has 0 amide bonds. The third-order valence-electron chi connectivity index (χ3n) is 1.61. The van der Waals surface area contributed by atoms with E-state index >= 15 is 0 Å². The molecule has 0 spiro atoms. The van der Waals surface area contributed by atoms with Crippen LogP contribution in [0.4, 0.5) is 0 Å². The highest BCUT2D eigenvalue weighted by Crippen LogP contribution is 2.09. The zero-order chi connectivity index (χ0) is 9.14. The van der Waals surface area contributed by atoms with Crippen LogP contribution in [-0.2, 0) is 0 Å². The van der Waals surface area contributed by atoms with Crippen LogP contribution in [0.2, 0.25) is 0 Å². The predicted molar refractivity (Wildman–Crippen MR) is 47.6 cm³/mol. The number of methoxy groups -OCH3 is 1. The van der Waals surface area contributed by atoms with Gasteiger partial charge >= 0.3 is 7.12 Å². The summed E-state index contributed by atoms with van der Waals surface area (Å²) in [6.07, 6.45) is 0. The molecule has 4 heteroatoms. The van der Waals surface area contributed by atoms with Crippen molar-refractivity contribution < 1.29 is 14.8 Å². The maximum Gasteiger partial charge on any atom is 0.488 e. The fourth-order valence-electron chi connectivity index (χ4n) is 1.04.